The number of amides is 2. The number of fused-ring (bicyclic) bond motifs is 1. The van der Waals surface area contributed by atoms with Gasteiger partial charge in [0.1, 0.15) is 5.69 Å². The summed E-state index contributed by atoms with van der Waals surface area (Å²) in [6.07, 6.45) is 6.97. The third-order valence-electron chi connectivity index (χ3n) is 5.19. The van der Waals surface area contributed by atoms with Crippen molar-refractivity contribution in [2.75, 3.05) is 6.54 Å². The predicted molar refractivity (Wildman–Crippen MR) is 116 cm³/mol. The highest BCUT2D eigenvalue weighted by Crippen LogP contribution is 2.24. The number of hydrogen-bond donors (Lipinski definition) is 3. The van der Waals surface area contributed by atoms with E-state index in [9.17, 15) is 19.2 Å². The number of nitrogens with one attached hydrogen (secondary N) is 3. The lowest BCUT2D eigenvalue weighted by atomic mass is 9.93. The molecular formula is C22H20N6O4. The molecule has 0 aliphatic carbocycles. The maximum Gasteiger partial charge on any atom is 0.273 e. The molecule has 10 nitrogen and oxygen atoms in total. The van der Waals surface area contributed by atoms with E-state index in [-0.39, 0.29) is 35.3 Å². The second-order valence-electron chi connectivity index (χ2n) is 7.27. The molecule has 1 atom stereocenters. The minimum absolute atomic E-state index is 0.0418. The van der Waals surface area contributed by atoms with E-state index in [1.807, 2.05) is 24.3 Å². The van der Waals surface area contributed by atoms with Gasteiger partial charge in [0, 0.05) is 31.4 Å². The smallest absolute Gasteiger partial charge is 0.273 e. The molecule has 3 aromatic rings. The molecule has 4 rings (SSSR count). The number of aromatic amines is 2. The Morgan fingerprint density at radius 3 is 2.75 bits per heavy atom. The van der Waals surface area contributed by atoms with Crippen LogP contribution >= 0.6 is 0 Å². The lowest BCUT2D eigenvalue weighted by Gasteiger charge is -2.36. The number of carbonyl (C=O) groups is 2. The van der Waals surface area contributed by atoms with Gasteiger partial charge in [0.2, 0.25) is 5.91 Å². The standard InChI is InChI=1S/C22H20N6O4/c29-19(6-5-15-9-23-12-27-21(15)31)24-10-17-7-14-3-1-2-4-16(14)11-28(17)22(32)18-8-20(30)26-13-25-18/h1-6,8-9,12-13,17H,7,10-11H2,(H,24,29)(H,23,27,31)(H,25,26,30)/b6-5+. The maximum absolute atomic E-state index is 13.1. The van der Waals surface area contributed by atoms with Crippen molar-refractivity contribution in [3.63, 3.8) is 0 Å². The number of benzene rings is 1. The molecule has 10 heteroatoms. The van der Waals surface area contributed by atoms with E-state index < -0.39 is 11.5 Å². The quantitative estimate of drug-likeness (QED) is 0.494. The largest absolute Gasteiger partial charge is 0.350 e. The van der Waals surface area contributed by atoms with Crippen LogP contribution in [0, 0.1) is 0 Å². The van der Waals surface area contributed by atoms with Crippen molar-refractivity contribution in [2.45, 2.75) is 19.0 Å². The molecule has 0 radical (unpaired) electrons. The summed E-state index contributed by atoms with van der Waals surface area (Å²) in [6.45, 7) is 0.529. The second kappa shape index (κ2) is 9.21. The summed E-state index contributed by atoms with van der Waals surface area (Å²) in [5, 5.41) is 2.78. The van der Waals surface area contributed by atoms with E-state index in [4.69, 9.17) is 0 Å². The first-order valence-electron chi connectivity index (χ1n) is 9.92. The average molecular weight is 432 g/mol. The molecule has 3 heterocycles. The molecular weight excluding hydrogens is 412 g/mol. The van der Waals surface area contributed by atoms with Gasteiger partial charge in [0.05, 0.1) is 24.3 Å². The Morgan fingerprint density at radius 1 is 1.16 bits per heavy atom. The number of rotatable bonds is 5. The van der Waals surface area contributed by atoms with Gasteiger partial charge in [-0.2, -0.15) is 0 Å². The van der Waals surface area contributed by atoms with Gasteiger partial charge >= 0.3 is 0 Å². The lowest BCUT2D eigenvalue weighted by molar-refractivity contribution is -0.116. The fourth-order valence-corrected chi connectivity index (χ4v) is 3.56. The Bertz CT molecular complexity index is 1300. The van der Waals surface area contributed by atoms with Crippen LogP contribution in [0.3, 0.4) is 0 Å². The number of nitrogens with zero attached hydrogens (tertiary/aromatic N) is 3. The predicted octanol–water partition coefficient (Wildman–Crippen LogP) is 0.250. The first-order chi connectivity index (χ1) is 15.5. The summed E-state index contributed by atoms with van der Waals surface area (Å²) < 4.78 is 0. The highest BCUT2D eigenvalue weighted by Gasteiger charge is 2.31. The molecule has 0 spiro atoms. The minimum Gasteiger partial charge on any atom is -0.350 e. The summed E-state index contributed by atoms with van der Waals surface area (Å²) in [4.78, 5) is 63.0. The fraction of sp³-hybridized carbons (Fsp3) is 0.182. The van der Waals surface area contributed by atoms with Crippen LogP contribution in [0.1, 0.15) is 27.2 Å². The van der Waals surface area contributed by atoms with Crippen LogP contribution in [-0.4, -0.2) is 49.2 Å². The number of hydrogen-bond acceptors (Lipinski definition) is 6. The van der Waals surface area contributed by atoms with E-state index in [1.54, 1.807) is 4.90 Å². The van der Waals surface area contributed by atoms with Crippen LogP contribution in [0.5, 0.6) is 0 Å². The Morgan fingerprint density at radius 2 is 1.97 bits per heavy atom. The summed E-state index contributed by atoms with van der Waals surface area (Å²) in [7, 11) is 0. The zero-order valence-electron chi connectivity index (χ0n) is 16.9. The van der Waals surface area contributed by atoms with Crippen LogP contribution in [-0.2, 0) is 17.8 Å². The van der Waals surface area contributed by atoms with Crippen LogP contribution < -0.4 is 16.4 Å². The van der Waals surface area contributed by atoms with E-state index in [0.717, 1.165) is 17.2 Å². The van der Waals surface area contributed by atoms with Crippen molar-refractivity contribution in [3.8, 4) is 0 Å². The third kappa shape index (κ3) is 4.69. The Labute approximate surface area is 182 Å². The van der Waals surface area contributed by atoms with E-state index in [2.05, 4.69) is 25.3 Å². The topological polar surface area (TPSA) is 141 Å². The summed E-state index contributed by atoms with van der Waals surface area (Å²) in [5.74, 6) is -0.795. The molecule has 2 amide bonds. The van der Waals surface area contributed by atoms with Gasteiger partial charge in [-0.15, -0.1) is 0 Å². The third-order valence-corrected chi connectivity index (χ3v) is 5.19. The first kappa shape index (κ1) is 20.9. The van der Waals surface area contributed by atoms with Crippen LogP contribution in [0.4, 0.5) is 0 Å². The van der Waals surface area contributed by atoms with Gasteiger partial charge in [-0.3, -0.25) is 19.2 Å². The first-order valence-corrected chi connectivity index (χ1v) is 9.92. The van der Waals surface area contributed by atoms with Crippen LogP contribution in [0.25, 0.3) is 6.08 Å². The normalized spacial score (nSPS) is 15.4. The Hall–Kier alpha value is -4.34. The molecule has 32 heavy (non-hydrogen) atoms. The summed E-state index contributed by atoms with van der Waals surface area (Å²) >= 11 is 0. The van der Waals surface area contributed by atoms with E-state index in [1.165, 1.54) is 31.0 Å². The number of aromatic nitrogens is 4. The zero-order chi connectivity index (χ0) is 22.5. The second-order valence-corrected chi connectivity index (χ2v) is 7.27. The van der Waals surface area contributed by atoms with Crippen molar-refractivity contribution in [2.24, 2.45) is 0 Å². The van der Waals surface area contributed by atoms with Gasteiger partial charge < -0.3 is 20.2 Å². The summed E-state index contributed by atoms with van der Waals surface area (Å²) in [5.41, 5.74) is 1.62. The van der Waals surface area contributed by atoms with Crippen molar-refractivity contribution in [1.29, 1.82) is 0 Å². The van der Waals surface area contributed by atoms with Gasteiger partial charge in [-0.05, 0) is 23.6 Å². The van der Waals surface area contributed by atoms with Crippen LogP contribution in [0.2, 0.25) is 0 Å². The van der Waals surface area contributed by atoms with Crippen molar-refractivity contribution in [1.82, 2.24) is 30.2 Å². The summed E-state index contributed by atoms with van der Waals surface area (Å²) in [6, 6.07) is 8.60. The van der Waals surface area contributed by atoms with Gasteiger partial charge in [-0.25, -0.2) is 9.97 Å². The zero-order valence-corrected chi connectivity index (χ0v) is 16.9. The Balaban J connectivity index is 1.51. The van der Waals surface area contributed by atoms with Crippen LogP contribution in [0.15, 0.2) is 64.8 Å². The lowest BCUT2D eigenvalue weighted by Crippen LogP contribution is -2.50. The highest BCUT2D eigenvalue weighted by atomic mass is 16.2. The molecule has 0 saturated heterocycles. The van der Waals surface area contributed by atoms with Gasteiger partial charge in [-0.1, -0.05) is 24.3 Å². The molecule has 1 aromatic carbocycles. The van der Waals surface area contributed by atoms with E-state index >= 15 is 0 Å². The van der Waals surface area contributed by atoms with E-state index in [0.29, 0.717) is 13.0 Å². The molecule has 0 saturated carbocycles. The highest BCUT2D eigenvalue weighted by molar-refractivity contribution is 5.93. The molecule has 3 N–H and O–H groups in total. The Kier molecular flexibility index (Phi) is 6.02. The molecule has 0 bridgehead atoms. The molecule has 1 aliphatic heterocycles. The fourth-order valence-electron chi connectivity index (χ4n) is 3.56. The maximum atomic E-state index is 13.1. The molecule has 1 aliphatic rings. The number of carbonyl (C=O) groups excluding carboxylic acids is 2. The average Bonchev–Trinajstić information content (AvgIpc) is 2.81. The molecule has 1 unspecified atom stereocenters. The van der Waals surface area contributed by atoms with Crippen molar-refractivity contribution < 1.29 is 9.59 Å². The number of H-pyrrole nitrogens is 2. The van der Waals surface area contributed by atoms with Crippen molar-refractivity contribution in [3.05, 3.63) is 98.4 Å². The molecule has 2 aromatic heterocycles. The minimum atomic E-state index is -0.416. The van der Waals surface area contributed by atoms with Crippen molar-refractivity contribution >= 4 is 17.9 Å². The molecule has 162 valence electrons. The monoisotopic (exact) mass is 432 g/mol. The SMILES string of the molecule is O=C(/C=C/c1cnc[nH]c1=O)NCC1Cc2ccccc2CN1C(=O)c1cc(=O)[nH]cn1. The van der Waals surface area contributed by atoms with Gasteiger partial charge in [0.25, 0.3) is 17.0 Å². The van der Waals surface area contributed by atoms with Gasteiger partial charge in [0.15, 0.2) is 0 Å². The molecule has 0 fully saturated rings.